The van der Waals surface area contributed by atoms with Gasteiger partial charge in [-0.25, -0.2) is 19.2 Å². The van der Waals surface area contributed by atoms with E-state index in [-0.39, 0.29) is 35.5 Å². The van der Waals surface area contributed by atoms with Crippen molar-refractivity contribution in [2.45, 2.75) is 74.6 Å². The summed E-state index contributed by atoms with van der Waals surface area (Å²) >= 11 is 0. The van der Waals surface area contributed by atoms with Crippen LogP contribution in [-0.4, -0.2) is 111 Å². The highest BCUT2D eigenvalue weighted by molar-refractivity contribution is 5.91. The van der Waals surface area contributed by atoms with Crippen LogP contribution < -0.4 is 5.32 Å². The number of carbonyl (C=O) groups is 5. The molecule has 352 valence electrons. The summed E-state index contributed by atoms with van der Waals surface area (Å²) in [5, 5.41) is 2.88. The van der Waals surface area contributed by atoms with Gasteiger partial charge < -0.3 is 52.7 Å². The van der Waals surface area contributed by atoms with Gasteiger partial charge in [-0.1, -0.05) is 109 Å². The van der Waals surface area contributed by atoms with Crippen LogP contribution in [0.2, 0.25) is 0 Å². The molecule has 11 atom stereocenters. The lowest BCUT2D eigenvalue weighted by atomic mass is 9.94. The monoisotopic (exact) mass is 927 g/mol. The highest BCUT2D eigenvalue weighted by Crippen LogP contribution is 2.39. The minimum atomic E-state index is -1.76. The molecule has 0 aromatic heterocycles. The number of fused-ring (bicyclic) bond motifs is 1. The topological polar surface area (TPSA) is 190 Å². The molecule has 1 amide bonds. The van der Waals surface area contributed by atoms with E-state index in [0.717, 1.165) is 0 Å². The maximum Gasteiger partial charge on any atom is 0.338 e. The van der Waals surface area contributed by atoms with E-state index in [2.05, 4.69) is 11.9 Å². The number of esters is 4. The lowest BCUT2D eigenvalue weighted by Gasteiger charge is -2.51. The van der Waals surface area contributed by atoms with E-state index in [1.165, 1.54) is 49.4 Å². The molecule has 16 nitrogen and oxygen atoms in total. The third-order valence-electron chi connectivity index (χ3n) is 11.2. The van der Waals surface area contributed by atoms with Crippen molar-refractivity contribution < 1.29 is 71.3 Å². The van der Waals surface area contributed by atoms with Gasteiger partial charge in [-0.15, -0.1) is 6.58 Å². The summed E-state index contributed by atoms with van der Waals surface area (Å²) < 4.78 is 63.5. The van der Waals surface area contributed by atoms with Gasteiger partial charge in [-0.05, 0) is 48.5 Å². The summed E-state index contributed by atoms with van der Waals surface area (Å²) in [6, 6.07) is 40.1. The van der Waals surface area contributed by atoms with Crippen LogP contribution in [0.3, 0.4) is 0 Å². The quantitative estimate of drug-likeness (QED) is 0.0671. The molecule has 0 radical (unpaired) electrons. The normalized spacial score (nSPS) is 26.5. The molecule has 0 bridgehead atoms. The van der Waals surface area contributed by atoms with Gasteiger partial charge in [-0.2, -0.15) is 0 Å². The van der Waals surface area contributed by atoms with E-state index in [0.29, 0.717) is 5.56 Å². The molecular weight excluding hydrogens is 879 g/mol. The number of rotatable bonds is 16. The highest BCUT2D eigenvalue weighted by Gasteiger charge is 2.58. The molecule has 8 rings (SSSR count). The highest BCUT2D eigenvalue weighted by atomic mass is 16.8. The Bertz CT molecular complexity index is 2480. The molecule has 0 saturated carbocycles. The van der Waals surface area contributed by atoms with Gasteiger partial charge >= 0.3 is 23.9 Å². The fourth-order valence-electron chi connectivity index (χ4n) is 8.00. The number of ether oxygens (including phenoxy) is 10. The lowest BCUT2D eigenvalue weighted by Crippen LogP contribution is -2.70. The predicted octanol–water partition coefficient (Wildman–Crippen LogP) is 6.18. The fraction of sp³-hybridized carbons (Fsp3) is 0.288. The summed E-state index contributed by atoms with van der Waals surface area (Å²) in [5.74, 6) is -3.89. The molecule has 0 aliphatic carbocycles. The first kappa shape index (κ1) is 47.4. The van der Waals surface area contributed by atoms with Crippen molar-refractivity contribution in [2.24, 2.45) is 0 Å². The Morgan fingerprint density at radius 3 is 1.59 bits per heavy atom. The van der Waals surface area contributed by atoms with Crippen molar-refractivity contribution >= 4 is 29.8 Å². The van der Waals surface area contributed by atoms with Crippen LogP contribution in [0.4, 0.5) is 0 Å². The van der Waals surface area contributed by atoms with Crippen molar-refractivity contribution in [3.05, 3.63) is 192 Å². The van der Waals surface area contributed by atoms with Crippen LogP contribution in [-0.2, 0) is 52.2 Å². The summed E-state index contributed by atoms with van der Waals surface area (Å²) in [7, 11) is 0. The zero-order chi connectivity index (χ0) is 47.4. The first-order valence-electron chi connectivity index (χ1n) is 21.9. The van der Waals surface area contributed by atoms with Crippen LogP contribution in [0.5, 0.6) is 0 Å². The number of amides is 1. The number of hydrogen-bond donors (Lipinski definition) is 1. The van der Waals surface area contributed by atoms with Gasteiger partial charge in [0.25, 0.3) is 0 Å². The van der Waals surface area contributed by atoms with Crippen LogP contribution >= 0.6 is 0 Å². The molecular formula is C52H49NO15. The average molecular weight is 928 g/mol. The molecule has 11 unspecified atom stereocenters. The molecule has 3 fully saturated rings. The van der Waals surface area contributed by atoms with E-state index in [1.807, 2.05) is 30.3 Å². The van der Waals surface area contributed by atoms with E-state index in [4.69, 9.17) is 47.4 Å². The Balaban J connectivity index is 1.25. The van der Waals surface area contributed by atoms with Gasteiger partial charge in [0.05, 0.1) is 35.5 Å². The van der Waals surface area contributed by atoms with Crippen LogP contribution in [0, 0.1) is 0 Å². The van der Waals surface area contributed by atoms with Crippen LogP contribution in [0.15, 0.2) is 164 Å². The molecule has 16 heteroatoms. The Labute approximate surface area is 391 Å². The smallest absolute Gasteiger partial charge is 0.338 e. The second-order valence-electron chi connectivity index (χ2n) is 15.9. The molecule has 0 spiro atoms. The first-order chi connectivity index (χ1) is 33.2. The Kier molecular flexibility index (Phi) is 15.8. The minimum Gasteiger partial charge on any atom is -0.459 e. The van der Waals surface area contributed by atoms with Gasteiger partial charge in [-0.3, -0.25) is 4.79 Å². The minimum absolute atomic E-state index is 0.00269. The summed E-state index contributed by atoms with van der Waals surface area (Å²) in [6.45, 7) is 4.44. The maximum absolute atomic E-state index is 14.3. The zero-order valence-electron chi connectivity index (χ0n) is 36.8. The average Bonchev–Trinajstić information content (AvgIpc) is 3.38. The second kappa shape index (κ2) is 22.6. The molecule has 5 aromatic carbocycles. The fourth-order valence-corrected chi connectivity index (χ4v) is 8.00. The molecule has 3 aliphatic rings. The number of carbonyl (C=O) groups excluding carboxylic acids is 5. The molecule has 3 heterocycles. The zero-order valence-corrected chi connectivity index (χ0v) is 36.8. The number of nitrogens with one attached hydrogen (secondary N) is 1. The predicted molar refractivity (Wildman–Crippen MR) is 240 cm³/mol. The van der Waals surface area contributed by atoms with Gasteiger partial charge in [0.2, 0.25) is 5.91 Å². The van der Waals surface area contributed by atoms with Crippen molar-refractivity contribution in [1.82, 2.24) is 5.32 Å². The summed E-state index contributed by atoms with van der Waals surface area (Å²) in [5.41, 5.74) is 1.21. The SMILES string of the molecule is C=CCOC1OC2COC(c3ccccc3)OC2C(OC2OC(COC(=O)c3ccccc3)C(OC(=O)c3ccccc3)C(OC(=O)c3ccccc3)C2OC(=O)c2ccccc2)C1NC(C)=O. The van der Waals surface area contributed by atoms with Gasteiger partial charge in [0.15, 0.2) is 37.2 Å². The lowest BCUT2D eigenvalue weighted by molar-refractivity contribution is -0.376. The Morgan fingerprint density at radius 1 is 0.588 bits per heavy atom. The van der Waals surface area contributed by atoms with Crippen molar-refractivity contribution in [3.63, 3.8) is 0 Å². The Morgan fingerprint density at radius 2 is 1.07 bits per heavy atom. The number of hydrogen-bond acceptors (Lipinski definition) is 15. The standard InChI is InChI=1S/C52H49NO15/c1-3-29-59-51-40(53-32(2)54)43(41-39(62-51)31-61-50(67-41)37-27-17-8-18-28-37)68-52-45(66-49(58)36-25-15-7-16-26-36)44(65-48(57)35-23-13-6-14-24-35)42(64-47(56)34-21-11-5-12-22-34)38(63-52)30-60-46(55)33-19-9-4-10-20-33/h3-28,38-45,50-52H,1,29-31H2,2H3,(H,53,54). The summed E-state index contributed by atoms with van der Waals surface area (Å²) in [6.07, 6.45) is -12.1. The van der Waals surface area contributed by atoms with E-state index in [1.54, 1.807) is 84.9 Å². The van der Waals surface area contributed by atoms with E-state index < -0.39 is 104 Å². The molecule has 3 saturated heterocycles. The van der Waals surface area contributed by atoms with Crippen LogP contribution in [0.25, 0.3) is 0 Å². The third kappa shape index (κ3) is 11.5. The van der Waals surface area contributed by atoms with Gasteiger partial charge in [0, 0.05) is 12.5 Å². The Hall–Kier alpha value is -7.05. The maximum atomic E-state index is 14.3. The second-order valence-corrected chi connectivity index (χ2v) is 15.9. The third-order valence-corrected chi connectivity index (χ3v) is 11.2. The van der Waals surface area contributed by atoms with Crippen molar-refractivity contribution in [2.75, 3.05) is 19.8 Å². The first-order valence-corrected chi connectivity index (χ1v) is 21.9. The van der Waals surface area contributed by atoms with E-state index in [9.17, 15) is 24.0 Å². The van der Waals surface area contributed by atoms with Gasteiger partial charge in [0.1, 0.15) is 37.1 Å². The van der Waals surface area contributed by atoms with Crippen molar-refractivity contribution in [1.29, 1.82) is 0 Å². The van der Waals surface area contributed by atoms with Crippen LogP contribution in [0.1, 0.15) is 60.2 Å². The van der Waals surface area contributed by atoms with E-state index >= 15 is 0 Å². The molecule has 1 N–H and O–H groups in total. The molecule has 5 aromatic rings. The molecule has 3 aliphatic heterocycles. The molecule has 68 heavy (non-hydrogen) atoms. The number of benzene rings is 5. The summed E-state index contributed by atoms with van der Waals surface area (Å²) in [4.78, 5) is 69.2. The van der Waals surface area contributed by atoms with Crippen molar-refractivity contribution in [3.8, 4) is 0 Å². The largest absolute Gasteiger partial charge is 0.459 e.